The number of carboxylic acids is 1. The molecule has 0 saturated heterocycles. The molecule has 0 bridgehead atoms. The van der Waals surface area contributed by atoms with E-state index in [0.29, 0.717) is 15.1 Å². The minimum Gasteiger partial charge on any atom is -0.480 e. The van der Waals surface area contributed by atoms with Crippen molar-refractivity contribution in [1.82, 2.24) is 10.6 Å². The first-order valence-corrected chi connectivity index (χ1v) is 6.29. The molecule has 6 nitrogen and oxygen atoms in total. The Morgan fingerprint density at radius 3 is 2.47 bits per heavy atom. The van der Waals surface area contributed by atoms with Crippen molar-refractivity contribution in [1.29, 1.82) is 0 Å². The van der Waals surface area contributed by atoms with Gasteiger partial charge in [-0.2, -0.15) is 0 Å². The first kappa shape index (κ1) is 15.5. The molecule has 1 rings (SSSR count). The molecular weight excluding hydrogens is 339 g/mol. The second-order valence-electron chi connectivity index (χ2n) is 3.48. The lowest BCUT2D eigenvalue weighted by Crippen LogP contribution is -2.39. The lowest BCUT2D eigenvalue weighted by molar-refractivity contribution is -0.137. The molecule has 0 radical (unpaired) electrons. The van der Waals surface area contributed by atoms with Gasteiger partial charge in [0.25, 0.3) is 5.91 Å². The van der Waals surface area contributed by atoms with Crippen molar-refractivity contribution in [2.45, 2.75) is 0 Å². The first-order chi connectivity index (χ1) is 8.90. The van der Waals surface area contributed by atoms with Crippen LogP contribution in [0.2, 0.25) is 5.02 Å². The summed E-state index contributed by atoms with van der Waals surface area (Å²) in [6.07, 6.45) is 0. The fourth-order valence-electron chi connectivity index (χ4n) is 1.14. The van der Waals surface area contributed by atoms with Crippen LogP contribution in [0.5, 0.6) is 0 Å². The molecule has 0 atom stereocenters. The van der Waals surface area contributed by atoms with Gasteiger partial charge in [0.15, 0.2) is 0 Å². The predicted octanol–water partition coefficient (Wildman–Crippen LogP) is 1.03. The Bertz CT molecular complexity index is 521. The third-order valence-electron chi connectivity index (χ3n) is 2.03. The fourth-order valence-corrected chi connectivity index (χ4v) is 1.56. The average Bonchev–Trinajstić information content (AvgIpc) is 2.36. The molecule has 0 unspecified atom stereocenters. The van der Waals surface area contributed by atoms with Crippen molar-refractivity contribution in [2.24, 2.45) is 0 Å². The van der Waals surface area contributed by atoms with Gasteiger partial charge in [-0.1, -0.05) is 11.6 Å². The number of rotatable bonds is 5. The summed E-state index contributed by atoms with van der Waals surface area (Å²) in [5.41, 5.74) is 0.305. The second kappa shape index (κ2) is 7.10. The van der Waals surface area contributed by atoms with Gasteiger partial charge in [0.1, 0.15) is 6.54 Å². The molecular formula is C11H10BrClN2O4. The van der Waals surface area contributed by atoms with Crippen LogP contribution >= 0.6 is 27.5 Å². The summed E-state index contributed by atoms with van der Waals surface area (Å²) < 4.78 is 0.657. The van der Waals surface area contributed by atoms with Crippen LogP contribution in [-0.2, 0) is 9.59 Å². The number of carbonyl (C=O) groups excluding carboxylic acids is 2. The predicted molar refractivity (Wildman–Crippen MR) is 72.1 cm³/mol. The number of amides is 2. The maximum absolute atomic E-state index is 11.7. The molecule has 0 spiro atoms. The van der Waals surface area contributed by atoms with Gasteiger partial charge in [0.2, 0.25) is 5.91 Å². The standard InChI is InChI=1S/C11H10BrClN2O4/c12-7-2-1-6(3-8(7)13)11(19)15-4-9(16)14-5-10(17)18/h1-3H,4-5H2,(H,14,16)(H,15,19)(H,17,18). The summed E-state index contributed by atoms with van der Waals surface area (Å²) >= 11 is 9.03. The van der Waals surface area contributed by atoms with Crippen LogP contribution < -0.4 is 10.6 Å². The van der Waals surface area contributed by atoms with Crippen molar-refractivity contribution >= 4 is 45.3 Å². The number of halogens is 2. The molecule has 0 saturated carbocycles. The molecule has 0 heterocycles. The van der Waals surface area contributed by atoms with Gasteiger partial charge >= 0.3 is 5.97 Å². The van der Waals surface area contributed by atoms with Crippen molar-refractivity contribution in [3.05, 3.63) is 33.3 Å². The number of benzene rings is 1. The van der Waals surface area contributed by atoms with E-state index in [-0.39, 0.29) is 6.54 Å². The van der Waals surface area contributed by atoms with Gasteiger partial charge in [-0.05, 0) is 34.1 Å². The van der Waals surface area contributed by atoms with Crippen LogP contribution in [0.25, 0.3) is 0 Å². The lowest BCUT2D eigenvalue weighted by Gasteiger charge is -2.06. The molecule has 0 aliphatic heterocycles. The number of carbonyl (C=O) groups is 3. The van der Waals surface area contributed by atoms with E-state index in [1.165, 1.54) is 6.07 Å². The van der Waals surface area contributed by atoms with Crippen molar-refractivity contribution in [3.8, 4) is 0 Å². The minimum absolute atomic E-state index is 0.305. The van der Waals surface area contributed by atoms with Crippen molar-refractivity contribution in [3.63, 3.8) is 0 Å². The molecule has 19 heavy (non-hydrogen) atoms. The monoisotopic (exact) mass is 348 g/mol. The molecule has 8 heteroatoms. The summed E-state index contributed by atoms with van der Waals surface area (Å²) in [6.45, 7) is -0.793. The van der Waals surface area contributed by atoms with Crippen LogP contribution in [0.1, 0.15) is 10.4 Å². The van der Waals surface area contributed by atoms with Crippen LogP contribution in [0.3, 0.4) is 0 Å². The van der Waals surface area contributed by atoms with E-state index in [1.807, 2.05) is 0 Å². The number of aliphatic carboxylic acids is 1. The molecule has 3 N–H and O–H groups in total. The van der Waals surface area contributed by atoms with Crippen molar-refractivity contribution < 1.29 is 19.5 Å². The van der Waals surface area contributed by atoms with E-state index in [9.17, 15) is 14.4 Å². The molecule has 102 valence electrons. The summed E-state index contributed by atoms with van der Waals surface area (Å²) in [5.74, 6) is -2.21. The lowest BCUT2D eigenvalue weighted by atomic mass is 10.2. The topological polar surface area (TPSA) is 95.5 Å². The highest BCUT2D eigenvalue weighted by Gasteiger charge is 2.10. The molecule has 1 aromatic rings. The smallest absolute Gasteiger partial charge is 0.322 e. The largest absolute Gasteiger partial charge is 0.480 e. The van der Waals surface area contributed by atoms with E-state index in [0.717, 1.165) is 0 Å². The Kier molecular flexibility index (Phi) is 5.78. The van der Waals surface area contributed by atoms with Crippen LogP contribution in [0.4, 0.5) is 0 Å². The van der Waals surface area contributed by atoms with Gasteiger partial charge in [0, 0.05) is 10.0 Å². The number of carboxylic acid groups (broad SMARTS) is 1. The number of hydrogen-bond donors (Lipinski definition) is 3. The first-order valence-electron chi connectivity index (χ1n) is 5.12. The van der Waals surface area contributed by atoms with Crippen LogP contribution in [-0.4, -0.2) is 36.0 Å². The zero-order chi connectivity index (χ0) is 14.4. The van der Waals surface area contributed by atoms with Crippen molar-refractivity contribution in [2.75, 3.05) is 13.1 Å². The summed E-state index contributed by atoms with van der Waals surface area (Å²) in [4.78, 5) is 33.1. The van der Waals surface area contributed by atoms with Gasteiger partial charge in [0.05, 0.1) is 11.6 Å². The maximum atomic E-state index is 11.7. The molecule has 0 aliphatic carbocycles. The molecule has 0 aliphatic rings. The maximum Gasteiger partial charge on any atom is 0.322 e. The molecule has 2 amide bonds. The summed E-state index contributed by atoms with van der Waals surface area (Å²) in [6, 6.07) is 4.61. The normalized spacial score (nSPS) is 9.79. The average molecular weight is 350 g/mol. The Balaban J connectivity index is 2.49. The van der Waals surface area contributed by atoms with Crippen LogP contribution in [0, 0.1) is 0 Å². The Morgan fingerprint density at radius 2 is 1.89 bits per heavy atom. The SMILES string of the molecule is O=C(O)CNC(=O)CNC(=O)c1ccc(Br)c(Cl)c1. The van der Waals surface area contributed by atoms with E-state index in [2.05, 4.69) is 26.6 Å². The minimum atomic E-state index is -1.15. The van der Waals surface area contributed by atoms with Gasteiger partial charge in [-0.15, -0.1) is 0 Å². The summed E-state index contributed by atoms with van der Waals surface area (Å²) in [7, 11) is 0. The third-order valence-corrected chi connectivity index (χ3v) is 3.26. The van der Waals surface area contributed by atoms with Gasteiger partial charge < -0.3 is 15.7 Å². The molecule has 0 fully saturated rings. The Hall–Kier alpha value is -1.60. The Labute approximate surface area is 122 Å². The summed E-state index contributed by atoms with van der Waals surface area (Å²) in [5, 5.41) is 13.2. The highest BCUT2D eigenvalue weighted by Crippen LogP contribution is 2.22. The van der Waals surface area contributed by atoms with Gasteiger partial charge in [-0.3, -0.25) is 14.4 Å². The molecule has 1 aromatic carbocycles. The number of hydrogen-bond acceptors (Lipinski definition) is 3. The van der Waals surface area contributed by atoms with E-state index >= 15 is 0 Å². The quantitative estimate of drug-likeness (QED) is 0.740. The fraction of sp³-hybridized carbons (Fsp3) is 0.182. The van der Waals surface area contributed by atoms with Gasteiger partial charge in [-0.25, -0.2) is 0 Å². The highest BCUT2D eigenvalue weighted by atomic mass is 79.9. The Morgan fingerprint density at radius 1 is 1.21 bits per heavy atom. The van der Waals surface area contributed by atoms with E-state index in [4.69, 9.17) is 16.7 Å². The van der Waals surface area contributed by atoms with E-state index < -0.39 is 24.3 Å². The van der Waals surface area contributed by atoms with Crippen LogP contribution in [0.15, 0.2) is 22.7 Å². The zero-order valence-corrected chi connectivity index (χ0v) is 11.9. The second-order valence-corrected chi connectivity index (χ2v) is 4.74. The highest BCUT2D eigenvalue weighted by molar-refractivity contribution is 9.10. The van der Waals surface area contributed by atoms with E-state index in [1.54, 1.807) is 12.1 Å². The number of nitrogens with one attached hydrogen (secondary N) is 2. The third kappa shape index (κ3) is 5.27. The molecule has 0 aromatic heterocycles. The zero-order valence-electron chi connectivity index (χ0n) is 9.57.